The Morgan fingerprint density at radius 2 is 1.59 bits per heavy atom. The van der Waals surface area contributed by atoms with Crippen LogP contribution in [-0.4, -0.2) is 9.78 Å². The lowest BCUT2D eigenvalue weighted by Crippen LogP contribution is -2.25. The molecule has 0 fully saturated rings. The summed E-state index contributed by atoms with van der Waals surface area (Å²) in [6.07, 6.45) is 4.08. The van der Waals surface area contributed by atoms with Crippen LogP contribution < -0.4 is 0 Å². The van der Waals surface area contributed by atoms with Gasteiger partial charge < -0.3 is 0 Å². The second-order valence-electron chi connectivity index (χ2n) is 6.51. The summed E-state index contributed by atoms with van der Waals surface area (Å²) in [5, 5.41) is 3.69. The smallest absolute Gasteiger partial charge is 0.272 e. The zero-order valence-electron chi connectivity index (χ0n) is 14.3. The van der Waals surface area contributed by atoms with E-state index in [1.54, 1.807) is 7.05 Å². The first-order valence-electron chi connectivity index (χ1n) is 8.36. The Morgan fingerprint density at radius 1 is 1.00 bits per heavy atom. The number of nitrogens with zero attached hydrogens (tertiary/aromatic N) is 2. The van der Waals surface area contributed by atoms with Crippen molar-refractivity contribution in [2.24, 2.45) is 7.05 Å². The van der Waals surface area contributed by atoms with E-state index in [1.807, 2.05) is 0 Å². The fraction of sp³-hybridized carbons (Fsp3) is 0.824. The van der Waals surface area contributed by atoms with Crippen molar-refractivity contribution >= 4 is 0 Å². The molecule has 2 nitrogen and oxygen atoms in total. The van der Waals surface area contributed by atoms with Gasteiger partial charge in [0, 0.05) is 18.2 Å². The van der Waals surface area contributed by atoms with Crippen molar-refractivity contribution in [1.82, 2.24) is 9.78 Å². The summed E-state index contributed by atoms with van der Waals surface area (Å²) in [5.41, 5.74) is -0.291. The second-order valence-corrected chi connectivity index (χ2v) is 6.51. The van der Waals surface area contributed by atoms with Gasteiger partial charge in [0.1, 0.15) is 0 Å². The molecule has 22 heavy (non-hydrogen) atoms. The van der Waals surface area contributed by atoms with Gasteiger partial charge in [-0.05, 0) is 18.9 Å². The minimum Gasteiger partial charge on any atom is -0.272 e. The van der Waals surface area contributed by atoms with E-state index in [2.05, 4.69) is 25.9 Å². The van der Waals surface area contributed by atoms with Gasteiger partial charge in [0.2, 0.25) is 0 Å². The summed E-state index contributed by atoms with van der Waals surface area (Å²) < 4.78 is 40.1. The Morgan fingerprint density at radius 3 is 2.09 bits per heavy atom. The monoisotopic (exact) mass is 318 g/mol. The highest BCUT2D eigenvalue weighted by Crippen LogP contribution is 2.38. The van der Waals surface area contributed by atoms with Crippen LogP contribution in [0.4, 0.5) is 13.2 Å². The minimum atomic E-state index is -4.37. The molecule has 1 aromatic heterocycles. The van der Waals surface area contributed by atoms with Crippen molar-refractivity contribution in [3.05, 3.63) is 17.5 Å². The van der Waals surface area contributed by atoms with Gasteiger partial charge in [-0.15, -0.1) is 0 Å². The fourth-order valence-corrected chi connectivity index (χ4v) is 3.06. The van der Waals surface area contributed by atoms with Crippen molar-refractivity contribution in [1.29, 1.82) is 0 Å². The molecule has 1 atom stereocenters. The van der Waals surface area contributed by atoms with E-state index in [-0.39, 0.29) is 5.41 Å². The SMILES string of the molecule is CCCCCCC(C)(CCCC)c1cc(C(F)(F)F)nn1C. The highest BCUT2D eigenvalue weighted by atomic mass is 19.4. The number of hydrogen-bond donors (Lipinski definition) is 0. The maximum absolute atomic E-state index is 12.9. The number of hydrogen-bond acceptors (Lipinski definition) is 1. The number of unbranched alkanes of at least 4 members (excludes halogenated alkanes) is 4. The summed E-state index contributed by atoms with van der Waals surface area (Å²) in [4.78, 5) is 0. The summed E-state index contributed by atoms with van der Waals surface area (Å²) in [6.45, 7) is 6.36. The molecular weight excluding hydrogens is 289 g/mol. The van der Waals surface area contributed by atoms with E-state index in [4.69, 9.17) is 0 Å². The molecule has 1 heterocycles. The predicted octanol–water partition coefficient (Wildman–Crippen LogP) is 5.86. The molecule has 0 spiro atoms. The topological polar surface area (TPSA) is 17.8 Å². The minimum absolute atomic E-state index is 0.227. The van der Waals surface area contributed by atoms with Crippen molar-refractivity contribution in [2.45, 2.75) is 83.7 Å². The lowest BCUT2D eigenvalue weighted by atomic mass is 9.77. The maximum Gasteiger partial charge on any atom is 0.435 e. The van der Waals surface area contributed by atoms with Gasteiger partial charge in [0.05, 0.1) is 0 Å². The highest BCUT2D eigenvalue weighted by Gasteiger charge is 2.37. The van der Waals surface area contributed by atoms with Crippen molar-refractivity contribution < 1.29 is 13.2 Å². The number of aromatic nitrogens is 2. The van der Waals surface area contributed by atoms with Gasteiger partial charge in [-0.3, -0.25) is 4.68 Å². The quantitative estimate of drug-likeness (QED) is 0.522. The Labute approximate surface area is 132 Å². The maximum atomic E-state index is 12.9. The van der Waals surface area contributed by atoms with Crippen LogP contribution in [0.25, 0.3) is 0 Å². The Balaban J connectivity index is 2.97. The summed E-state index contributed by atoms with van der Waals surface area (Å²) in [5.74, 6) is 0. The molecule has 0 bridgehead atoms. The van der Waals surface area contributed by atoms with E-state index in [0.717, 1.165) is 44.9 Å². The van der Waals surface area contributed by atoms with Crippen LogP contribution in [0.2, 0.25) is 0 Å². The highest BCUT2D eigenvalue weighted by molar-refractivity contribution is 5.21. The molecule has 0 amide bonds. The summed E-state index contributed by atoms with van der Waals surface area (Å²) in [6, 6.07) is 1.25. The third-order valence-corrected chi connectivity index (χ3v) is 4.45. The molecule has 0 saturated carbocycles. The molecule has 0 saturated heterocycles. The molecule has 128 valence electrons. The van der Waals surface area contributed by atoms with Crippen molar-refractivity contribution in [3.8, 4) is 0 Å². The molecule has 0 N–H and O–H groups in total. The molecule has 0 aromatic carbocycles. The Bertz CT molecular complexity index is 451. The number of alkyl halides is 3. The molecule has 0 aliphatic rings. The van der Waals surface area contributed by atoms with E-state index in [0.29, 0.717) is 5.69 Å². The van der Waals surface area contributed by atoms with Gasteiger partial charge in [0.15, 0.2) is 5.69 Å². The van der Waals surface area contributed by atoms with Gasteiger partial charge in [-0.25, -0.2) is 0 Å². The third kappa shape index (κ3) is 5.03. The van der Waals surface area contributed by atoms with Crippen LogP contribution >= 0.6 is 0 Å². The third-order valence-electron chi connectivity index (χ3n) is 4.45. The van der Waals surface area contributed by atoms with Gasteiger partial charge in [-0.1, -0.05) is 59.3 Å². The van der Waals surface area contributed by atoms with Crippen molar-refractivity contribution in [2.75, 3.05) is 0 Å². The van der Waals surface area contributed by atoms with E-state index >= 15 is 0 Å². The van der Waals surface area contributed by atoms with Crippen LogP contribution in [0, 0.1) is 0 Å². The summed E-state index contributed by atoms with van der Waals surface area (Å²) in [7, 11) is 1.63. The first-order chi connectivity index (χ1) is 10.2. The molecular formula is C17H29F3N2. The van der Waals surface area contributed by atoms with E-state index in [9.17, 15) is 13.2 Å². The largest absolute Gasteiger partial charge is 0.435 e. The van der Waals surface area contributed by atoms with E-state index in [1.165, 1.54) is 17.2 Å². The average molecular weight is 318 g/mol. The van der Waals surface area contributed by atoms with Crippen LogP contribution in [0.5, 0.6) is 0 Å². The molecule has 1 unspecified atom stereocenters. The second kappa shape index (κ2) is 8.02. The molecule has 0 aliphatic heterocycles. The fourth-order valence-electron chi connectivity index (χ4n) is 3.06. The zero-order valence-corrected chi connectivity index (χ0v) is 14.3. The van der Waals surface area contributed by atoms with Crippen molar-refractivity contribution in [3.63, 3.8) is 0 Å². The van der Waals surface area contributed by atoms with Crippen LogP contribution in [0.3, 0.4) is 0 Å². The predicted molar refractivity (Wildman–Crippen MR) is 83.8 cm³/mol. The lowest BCUT2D eigenvalue weighted by molar-refractivity contribution is -0.141. The van der Waals surface area contributed by atoms with E-state index < -0.39 is 11.9 Å². The normalized spacial score (nSPS) is 15.0. The van der Waals surface area contributed by atoms with Gasteiger partial charge in [-0.2, -0.15) is 18.3 Å². The van der Waals surface area contributed by atoms with Gasteiger partial charge >= 0.3 is 6.18 Å². The molecule has 1 rings (SSSR count). The van der Waals surface area contributed by atoms with Crippen LogP contribution in [0.1, 0.15) is 83.5 Å². The Hall–Kier alpha value is -1.00. The first kappa shape index (κ1) is 19.0. The molecule has 1 aromatic rings. The number of aryl methyl sites for hydroxylation is 1. The summed E-state index contributed by atoms with van der Waals surface area (Å²) >= 11 is 0. The zero-order chi connectivity index (χ0) is 16.8. The number of halogens is 3. The molecule has 5 heteroatoms. The molecule has 0 aliphatic carbocycles. The molecule has 0 radical (unpaired) electrons. The Kier molecular flexibility index (Phi) is 6.95. The van der Waals surface area contributed by atoms with Crippen LogP contribution in [0.15, 0.2) is 6.07 Å². The average Bonchev–Trinajstić information content (AvgIpc) is 2.84. The standard InChI is InChI=1S/C17H29F3N2/c1-5-7-9-10-12-16(3,11-8-6-2)15-13-14(17(18,19)20)21-22(15)4/h13H,5-12H2,1-4H3. The first-order valence-corrected chi connectivity index (χ1v) is 8.36. The van der Waals surface area contributed by atoms with Gasteiger partial charge in [0.25, 0.3) is 0 Å². The number of rotatable bonds is 9. The lowest BCUT2D eigenvalue weighted by Gasteiger charge is -2.30. The van der Waals surface area contributed by atoms with Crippen LogP contribution in [-0.2, 0) is 18.6 Å².